The maximum Gasteiger partial charge on any atom is 0.0743 e. The lowest BCUT2D eigenvalue weighted by molar-refractivity contribution is 0.728. The number of benzene rings is 13. The third-order valence-corrected chi connectivity index (χ3v) is 17.7. The summed E-state index contributed by atoms with van der Waals surface area (Å²) < 4.78 is 2.54. The molecule has 0 atom stereocenters. The number of fused-ring (bicyclic) bond motifs is 8. The highest BCUT2D eigenvalue weighted by molar-refractivity contribution is 6.13. The van der Waals surface area contributed by atoms with Crippen molar-refractivity contribution in [3.63, 3.8) is 0 Å². The third kappa shape index (κ3) is 7.14. The Balaban J connectivity index is 0.911. The second kappa shape index (κ2) is 19.1. The van der Waals surface area contributed by atoms with Gasteiger partial charge in [-0.1, -0.05) is 261 Å². The number of hydrogen-bond donors (Lipinski definition) is 0. The maximum absolute atomic E-state index is 2.54. The summed E-state index contributed by atoms with van der Waals surface area (Å²) in [6.07, 6.45) is 0. The summed E-state index contributed by atoms with van der Waals surface area (Å²) in [5, 5.41) is 2.47. The Morgan fingerprint density at radius 1 is 0.244 bits per heavy atom. The van der Waals surface area contributed by atoms with E-state index in [2.05, 4.69) is 337 Å². The molecule has 16 rings (SSSR count). The van der Waals surface area contributed by atoms with Crippen LogP contribution in [-0.2, 0) is 10.8 Å². The highest BCUT2D eigenvalue weighted by Crippen LogP contribution is 2.59. The molecular formula is C80H54N2. The Bertz CT molecular complexity index is 4600. The number of para-hydroxylation sites is 1. The molecule has 0 unspecified atom stereocenters. The van der Waals surface area contributed by atoms with Crippen molar-refractivity contribution in [1.82, 2.24) is 4.57 Å². The highest BCUT2D eigenvalue weighted by atomic mass is 15.1. The molecule has 384 valence electrons. The van der Waals surface area contributed by atoms with Crippen LogP contribution in [0.5, 0.6) is 0 Å². The summed E-state index contributed by atoms with van der Waals surface area (Å²) >= 11 is 0. The first kappa shape index (κ1) is 47.5. The Morgan fingerprint density at radius 2 is 0.659 bits per heavy atom. The van der Waals surface area contributed by atoms with E-state index < -0.39 is 10.8 Å². The van der Waals surface area contributed by atoms with E-state index in [-0.39, 0.29) is 0 Å². The van der Waals surface area contributed by atoms with Gasteiger partial charge in [-0.2, -0.15) is 0 Å². The quantitative estimate of drug-likeness (QED) is 0.133. The van der Waals surface area contributed by atoms with E-state index >= 15 is 0 Å². The molecular weight excluding hydrogens is 989 g/mol. The molecule has 1 aliphatic heterocycles. The monoisotopic (exact) mass is 1040 g/mol. The van der Waals surface area contributed by atoms with Gasteiger partial charge in [-0.25, -0.2) is 0 Å². The average molecular weight is 1040 g/mol. The van der Waals surface area contributed by atoms with Gasteiger partial charge < -0.3 is 9.47 Å². The maximum atomic E-state index is 2.54. The van der Waals surface area contributed by atoms with Gasteiger partial charge in [0.05, 0.1) is 27.6 Å². The molecule has 0 bridgehead atoms. The Morgan fingerprint density at radius 3 is 1.23 bits per heavy atom. The smallest absolute Gasteiger partial charge is 0.0743 e. The molecule has 1 aliphatic carbocycles. The van der Waals surface area contributed by atoms with Crippen molar-refractivity contribution in [1.29, 1.82) is 0 Å². The summed E-state index contributed by atoms with van der Waals surface area (Å²) in [5.74, 6) is 0. The van der Waals surface area contributed by atoms with Crippen molar-refractivity contribution >= 4 is 38.9 Å². The van der Waals surface area contributed by atoms with Crippen molar-refractivity contribution in [2.75, 3.05) is 4.90 Å². The van der Waals surface area contributed by atoms with Crippen LogP contribution in [0.3, 0.4) is 0 Å². The van der Waals surface area contributed by atoms with Crippen LogP contribution in [0.4, 0.5) is 17.1 Å². The molecule has 0 fully saturated rings. The molecule has 14 aromatic rings. The molecule has 1 aromatic heterocycles. The minimum Gasteiger partial charge on any atom is -0.310 e. The van der Waals surface area contributed by atoms with Crippen LogP contribution in [0.1, 0.15) is 44.5 Å². The molecule has 2 nitrogen and oxygen atoms in total. The largest absolute Gasteiger partial charge is 0.310 e. The van der Waals surface area contributed by atoms with E-state index in [1.807, 2.05) is 0 Å². The zero-order valence-electron chi connectivity index (χ0n) is 45.1. The molecule has 0 saturated carbocycles. The first-order valence-corrected chi connectivity index (χ1v) is 28.5. The van der Waals surface area contributed by atoms with Gasteiger partial charge in [0.1, 0.15) is 0 Å². The molecule has 13 aromatic carbocycles. The standard InChI is InChI=1S/C80H54N2/c1-7-23-55(24-8-1)57-39-44-65(45-40-57)81(67-48-49-69-68-35-19-21-37-72(68)79(73(69)54-67,61-27-11-3-12-28-61)62-29-13-4-14-30-62)66-46-41-58(42-47-66)60-51-71-70-36-20-22-38-76(70)82-77-50-43-59(56-25-9-2-10-26-56)52-74(77)80(75(53-60)78(71)82,63-31-15-5-16-32-63)64-33-17-6-18-34-64/h1-54H. The second-order valence-corrected chi connectivity index (χ2v) is 21.9. The molecule has 0 amide bonds. The molecule has 82 heavy (non-hydrogen) atoms. The SMILES string of the molecule is c1ccc(-c2ccc(N(c3ccc(-c4cc5c6c(c4)c4ccccc4n6-c4ccc(-c6ccccc6)cc4C5(c4ccccc4)c4ccccc4)cc3)c3ccc4c(c3)C(c3ccccc3)(c3ccccc3)c3ccccc3-4)cc2)cc1. The summed E-state index contributed by atoms with van der Waals surface area (Å²) in [6.45, 7) is 0. The lowest BCUT2D eigenvalue weighted by Crippen LogP contribution is -2.35. The van der Waals surface area contributed by atoms with Gasteiger partial charge in [-0.3, -0.25) is 0 Å². The van der Waals surface area contributed by atoms with Gasteiger partial charge in [0.15, 0.2) is 0 Å². The Hall–Kier alpha value is -10.5. The van der Waals surface area contributed by atoms with Gasteiger partial charge in [0.25, 0.3) is 0 Å². The van der Waals surface area contributed by atoms with Gasteiger partial charge in [-0.15, -0.1) is 0 Å². The minimum atomic E-state index is -0.675. The van der Waals surface area contributed by atoms with Crippen LogP contribution >= 0.6 is 0 Å². The van der Waals surface area contributed by atoms with Gasteiger partial charge >= 0.3 is 0 Å². The molecule has 0 N–H and O–H groups in total. The highest BCUT2D eigenvalue weighted by Gasteiger charge is 2.48. The number of rotatable bonds is 10. The van der Waals surface area contributed by atoms with E-state index in [1.54, 1.807) is 0 Å². The number of nitrogens with zero attached hydrogens (tertiary/aromatic N) is 2. The first-order valence-electron chi connectivity index (χ1n) is 28.5. The van der Waals surface area contributed by atoms with Gasteiger partial charge in [-0.05, 0) is 156 Å². The lowest BCUT2D eigenvalue weighted by atomic mass is 9.62. The summed E-state index contributed by atoms with van der Waals surface area (Å²) in [7, 11) is 0. The van der Waals surface area contributed by atoms with E-state index in [0.29, 0.717) is 0 Å². The molecule has 0 radical (unpaired) electrons. The van der Waals surface area contributed by atoms with Crippen LogP contribution in [0.2, 0.25) is 0 Å². The van der Waals surface area contributed by atoms with Gasteiger partial charge in [0.2, 0.25) is 0 Å². The minimum absolute atomic E-state index is 0.544. The number of aromatic nitrogens is 1. The predicted molar refractivity (Wildman–Crippen MR) is 341 cm³/mol. The van der Waals surface area contributed by atoms with Crippen molar-refractivity contribution in [3.8, 4) is 50.2 Å². The molecule has 2 heterocycles. The van der Waals surface area contributed by atoms with E-state index in [1.165, 1.54) is 111 Å². The summed E-state index contributed by atoms with van der Waals surface area (Å²) in [5.41, 5.74) is 25.3. The normalized spacial score (nSPS) is 13.3. The van der Waals surface area contributed by atoms with E-state index in [4.69, 9.17) is 0 Å². The fourth-order valence-corrected chi connectivity index (χ4v) is 14.2. The third-order valence-electron chi connectivity index (χ3n) is 17.7. The fourth-order valence-electron chi connectivity index (χ4n) is 14.2. The number of hydrogen-bond acceptors (Lipinski definition) is 1. The van der Waals surface area contributed by atoms with Crippen LogP contribution < -0.4 is 4.90 Å². The lowest BCUT2D eigenvalue weighted by Gasteiger charge is -2.42. The number of anilines is 3. The molecule has 0 spiro atoms. The van der Waals surface area contributed by atoms with Crippen molar-refractivity contribution < 1.29 is 0 Å². The Kier molecular flexibility index (Phi) is 11.0. The zero-order valence-corrected chi connectivity index (χ0v) is 45.1. The fraction of sp³-hybridized carbons (Fsp3) is 0.0250. The first-order chi connectivity index (χ1) is 40.7. The summed E-state index contributed by atoms with van der Waals surface area (Å²) in [6, 6.07) is 122. The van der Waals surface area contributed by atoms with Gasteiger partial charge in [0, 0.05) is 27.8 Å². The van der Waals surface area contributed by atoms with Crippen LogP contribution in [0.15, 0.2) is 328 Å². The molecule has 2 aliphatic rings. The van der Waals surface area contributed by atoms with E-state index in [0.717, 1.165) is 22.6 Å². The van der Waals surface area contributed by atoms with Crippen molar-refractivity contribution in [3.05, 3.63) is 372 Å². The predicted octanol–water partition coefficient (Wildman–Crippen LogP) is 20.3. The van der Waals surface area contributed by atoms with Crippen molar-refractivity contribution in [2.45, 2.75) is 10.8 Å². The summed E-state index contributed by atoms with van der Waals surface area (Å²) in [4.78, 5) is 2.44. The second-order valence-electron chi connectivity index (χ2n) is 21.9. The van der Waals surface area contributed by atoms with Crippen LogP contribution in [-0.4, -0.2) is 4.57 Å². The van der Waals surface area contributed by atoms with Crippen molar-refractivity contribution in [2.24, 2.45) is 0 Å². The zero-order chi connectivity index (χ0) is 54.2. The Labute approximate surface area is 478 Å². The van der Waals surface area contributed by atoms with Crippen LogP contribution in [0, 0.1) is 0 Å². The van der Waals surface area contributed by atoms with E-state index in [9.17, 15) is 0 Å². The average Bonchev–Trinajstić information content (AvgIpc) is 2.63. The molecule has 2 heteroatoms. The molecule has 0 saturated heterocycles. The van der Waals surface area contributed by atoms with Crippen LogP contribution in [0.25, 0.3) is 72.0 Å². The topological polar surface area (TPSA) is 8.17 Å².